The van der Waals surface area contributed by atoms with Crippen LogP contribution in [-0.4, -0.2) is 71.4 Å². The fourth-order valence-electron chi connectivity index (χ4n) is 6.35. The number of nitrogens with one attached hydrogen (secondary N) is 1. The molecule has 32 heavy (non-hydrogen) atoms. The Kier molecular flexibility index (Phi) is 5.27. The van der Waals surface area contributed by atoms with Gasteiger partial charge in [0.2, 0.25) is 5.91 Å². The fourth-order valence-corrected chi connectivity index (χ4v) is 6.35. The van der Waals surface area contributed by atoms with Gasteiger partial charge in [0.25, 0.3) is 0 Å². The maximum atomic E-state index is 13.6. The molecule has 1 heterocycles. The molecule has 1 aromatic carbocycles. The van der Waals surface area contributed by atoms with Crippen LogP contribution in [0.3, 0.4) is 0 Å². The SMILES string of the molecule is CC(=O)NC1(CN2C[C@]3(CC[C@](c4ccccc4)(N(C)C)CC3)N(CC3CC3)C2=O)CC1. The first-order chi connectivity index (χ1) is 15.3. The van der Waals surface area contributed by atoms with E-state index in [1.165, 1.54) is 18.4 Å². The van der Waals surface area contributed by atoms with Gasteiger partial charge in [0.15, 0.2) is 0 Å². The van der Waals surface area contributed by atoms with Crippen molar-refractivity contribution in [3.05, 3.63) is 35.9 Å². The third kappa shape index (κ3) is 3.81. The van der Waals surface area contributed by atoms with Gasteiger partial charge >= 0.3 is 6.03 Å². The van der Waals surface area contributed by atoms with Crippen LogP contribution >= 0.6 is 0 Å². The molecule has 0 unspecified atom stereocenters. The number of hydrogen-bond donors (Lipinski definition) is 1. The average Bonchev–Trinajstić information content (AvgIpc) is 3.69. The minimum atomic E-state index is -0.190. The molecule has 3 amide bonds. The highest BCUT2D eigenvalue weighted by Crippen LogP contribution is 2.50. The number of carbonyl (C=O) groups is 2. The zero-order chi connectivity index (χ0) is 22.6. The van der Waals surface area contributed by atoms with Crippen LogP contribution in [0.4, 0.5) is 4.79 Å². The summed E-state index contributed by atoms with van der Waals surface area (Å²) in [5.41, 5.74) is 1.16. The van der Waals surface area contributed by atoms with Crippen molar-refractivity contribution in [2.24, 2.45) is 5.92 Å². The molecule has 1 aromatic rings. The van der Waals surface area contributed by atoms with Gasteiger partial charge in [-0.05, 0) is 76.9 Å². The Labute approximate surface area is 192 Å². The molecular formula is C26H38N4O2. The lowest BCUT2D eigenvalue weighted by atomic mass is 9.68. The van der Waals surface area contributed by atoms with Crippen LogP contribution in [-0.2, 0) is 10.3 Å². The largest absolute Gasteiger partial charge is 0.349 e. The van der Waals surface area contributed by atoms with Crippen LogP contribution in [0.1, 0.15) is 63.9 Å². The monoisotopic (exact) mass is 438 g/mol. The second-order valence-corrected chi connectivity index (χ2v) is 11.2. The van der Waals surface area contributed by atoms with Crippen LogP contribution in [0.25, 0.3) is 0 Å². The number of benzene rings is 1. The van der Waals surface area contributed by atoms with Gasteiger partial charge in [0.05, 0.1) is 11.1 Å². The third-order valence-electron chi connectivity index (χ3n) is 8.66. The first-order valence-electron chi connectivity index (χ1n) is 12.4. The number of hydrogen-bond acceptors (Lipinski definition) is 3. The minimum Gasteiger partial charge on any atom is -0.349 e. The molecule has 4 fully saturated rings. The minimum absolute atomic E-state index is 0.00925. The number of amides is 3. The van der Waals surface area contributed by atoms with E-state index in [9.17, 15) is 9.59 Å². The van der Waals surface area contributed by atoms with Gasteiger partial charge in [-0.25, -0.2) is 4.79 Å². The summed E-state index contributed by atoms with van der Waals surface area (Å²) in [6, 6.07) is 11.1. The Balaban J connectivity index is 1.37. The van der Waals surface area contributed by atoms with E-state index in [0.29, 0.717) is 12.5 Å². The maximum absolute atomic E-state index is 13.6. The Morgan fingerprint density at radius 2 is 1.72 bits per heavy atom. The van der Waals surface area contributed by atoms with Gasteiger partial charge in [0, 0.05) is 32.1 Å². The van der Waals surface area contributed by atoms with Gasteiger partial charge in [-0.2, -0.15) is 0 Å². The van der Waals surface area contributed by atoms with Gasteiger partial charge in [0.1, 0.15) is 0 Å². The summed E-state index contributed by atoms with van der Waals surface area (Å²) in [6.45, 7) is 3.95. The van der Waals surface area contributed by atoms with Crippen LogP contribution < -0.4 is 5.32 Å². The summed E-state index contributed by atoms with van der Waals surface area (Å²) in [5, 5.41) is 3.13. The van der Waals surface area contributed by atoms with Crippen molar-refractivity contribution in [2.45, 2.75) is 74.9 Å². The second-order valence-electron chi connectivity index (χ2n) is 11.2. The van der Waals surface area contributed by atoms with Crippen molar-refractivity contribution in [1.29, 1.82) is 0 Å². The van der Waals surface area contributed by atoms with Gasteiger partial charge in [-0.1, -0.05) is 30.3 Å². The molecule has 5 rings (SSSR count). The highest BCUT2D eigenvalue weighted by molar-refractivity contribution is 5.79. The highest BCUT2D eigenvalue weighted by Gasteiger charge is 2.57. The summed E-state index contributed by atoms with van der Waals surface area (Å²) in [7, 11) is 4.40. The van der Waals surface area contributed by atoms with Crippen molar-refractivity contribution in [2.75, 3.05) is 33.7 Å². The summed E-state index contributed by atoms with van der Waals surface area (Å²) in [5.74, 6) is 0.686. The molecule has 0 radical (unpaired) electrons. The molecule has 0 bridgehead atoms. The average molecular weight is 439 g/mol. The molecule has 1 N–H and O–H groups in total. The maximum Gasteiger partial charge on any atom is 0.320 e. The molecule has 1 saturated heterocycles. The molecule has 0 aromatic heterocycles. The quantitative estimate of drug-likeness (QED) is 0.708. The van der Waals surface area contributed by atoms with Gasteiger partial charge in [-0.15, -0.1) is 0 Å². The number of carbonyl (C=O) groups excluding carboxylic acids is 2. The molecule has 4 aliphatic rings. The smallest absolute Gasteiger partial charge is 0.320 e. The Hall–Kier alpha value is -2.08. The van der Waals surface area contributed by atoms with E-state index < -0.39 is 0 Å². The summed E-state index contributed by atoms with van der Waals surface area (Å²) in [4.78, 5) is 32.0. The van der Waals surface area contributed by atoms with Crippen LogP contribution in [0.5, 0.6) is 0 Å². The van der Waals surface area contributed by atoms with Crippen molar-refractivity contribution in [3.8, 4) is 0 Å². The summed E-state index contributed by atoms with van der Waals surface area (Å²) < 4.78 is 0. The highest BCUT2D eigenvalue weighted by atomic mass is 16.2. The molecule has 6 heteroatoms. The predicted molar refractivity (Wildman–Crippen MR) is 125 cm³/mol. The topological polar surface area (TPSA) is 55.9 Å². The molecule has 174 valence electrons. The van der Waals surface area contributed by atoms with Crippen molar-refractivity contribution in [1.82, 2.24) is 20.0 Å². The van der Waals surface area contributed by atoms with E-state index in [4.69, 9.17) is 0 Å². The molecular weight excluding hydrogens is 400 g/mol. The molecule has 6 nitrogen and oxygen atoms in total. The normalized spacial score (nSPS) is 31.4. The number of rotatable bonds is 7. The molecule has 0 atom stereocenters. The van der Waals surface area contributed by atoms with E-state index in [2.05, 4.69) is 64.4 Å². The predicted octanol–water partition coefficient (Wildman–Crippen LogP) is 3.57. The van der Waals surface area contributed by atoms with E-state index in [1.54, 1.807) is 6.92 Å². The van der Waals surface area contributed by atoms with Crippen molar-refractivity contribution >= 4 is 11.9 Å². The van der Waals surface area contributed by atoms with E-state index in [-0.39, 0.29) is 28.6 Å². The lowest BCUT2D eigenvalue weighted by molar-refractivity contribution is -0.120. The van der Waals surface area contributed by atoms with Crippen molar-refractivity contribution in [3.63, 3.8) is 0 Å². The Morgan fingerprint density at radius 3 is 2.25 bits per heavy atom. The zero-order valence-electron chi connectivity index (χ0n) is 19.9. The van der Waals surface area contributed by atoms with E-state index in [1.807, 2.05) is 0 Å². The van der Waals surface area contributed by atoms with Gasteiger partial charge in [-0.3, -0.25) is 9.69 Å². The summed E-state index contributed by atoms with van der Waals surface area (Å²) in [6.07, 6.45) is 8.63. The fraction of sp³-hybridized carbons (Fsp3) is 0.692. The summed E-state index contributed by atoms with van der Waals surface area (Å²) >= 11 is 0. The first-order valence-corrected chi connectivity index (χ1v) is 12.4. The lowest BCUT2D eigenvalue weighted by Gasteiger charge is -2.51. The van der Waals surface area contributed by atoms with Crippen molar-refractivity contribution < 1.29 is 9.59 Å². The lowest BCUT2D eigenvalue weighted by Crippen LogP contribution is -2.55. The van der Waals surface area contributed by atoms with Crippen LogP contribution in [0, 0.1) is 5.92 Å². The second kappa shape index (κ2) is 7.75. The number of urea groups is 1. The van der Waals surface area contributed by atoms with E-state index >= 15 is 0 Å². The molecule has 3 saturated carbocycles. The zero-order valence-corrected chi connectivity index (χ0v) is 19.9. The standard InChI is InChI=1S/C26H38N4O2/c1-20(31)27-24(11-12-24)18-29-19-25(30(23(29)32)17-21-9-10-21)13-15-26(16-14-25,28(2)3)22-7-5-4-6-8-22/h4-8,21H,9-19H2,1-3H3,(H,27,31)/t25-,26+. The Bertz CT molecular complexity index is 867. The third-order valence-corrected chi connectivity index (χ3v) is 8.66. The Morgan fingerprint density at radius 1 is 1.06 bits per heavy atom. The van der Waals surface area contributed by atoms with Gasteiger partial charge < -0.3 is 15.1 Å². The van der Waals surface area contributed by atoms with E-state index in [0.717, 1.165) is 51.6 Å². The number of nitrogens with zero attached hydrogens (tertiary/aromatic N) is 3. The van der Waals surface area contributed by atoms with Crippen LogP contribution in [0.2, 0.25) is 0 Å². The molecule has 1 aliphatic heterocycles. The van der Waals surface area contributed by atoms with Crippen LogP contribution in [0.15, 0.2) is 30.3 Å². The first kappa shape index (κ1) is 21.7. The molecule has 3 aliphatic carbocycles. The molecule has 1 spiro atoms.